The summed E-state index contributed by atoms with van der Waals surface area (Å²) in [6.45, 7) is 3.50. The van der Waals surface area contributed by atoms with Gasteiger partial charge in [0.05, 0.1) is 17.3 Å². The lowest BCUT2D eigenvalue weighted by Crippen LogP contribution is -2.27. The van der Waals surface area contributed by atoms with Crippen molar-refractivity contribution in [2.75, 3.05) is 5.32 Å². The largest absolute Gasteiger partial charge is 0.472 e. The van der Waals surface area contributed by atoms with E-state index in [9.17, 15) is 14.0 Å². The van der Waals surface area contributed by atoms with Crippen LogP contribution in [0.15, 0.2) is 42.6 Å². The van der Waals surface area contributed by atoms with Crippen LogP contribution in [0.4, 0.5) is 10.2 Å². The van der Waals surface area contributed by atoms with E-state index >= 15 is 0 Å². The molecule has 0 radical (unpaired) electrons. The predicted molar refractivity (Wildman–Crippen MR) is 120 cm³/mol. The van der Waals surface area contributed by atoms with E-state index in [2.05, 4.69) is 37.2 Å². The van der Waals surface area contributed by atoms with Crippen LogP contribution in [-0.2, 0) is 21.5 Å². The normalized spacial score (nSPS) is 13.8. The Hall–Kier alpha value is -4.65. The van der Waals surface area contributed by atoms with Gasteiger partial charge in [-0.25, -0.2) is 28.8 Å². The zero-order valence-electron chi connectivity index (χ0n) is 18.1. The third-order valence-electron chi connectivity index (χ3n) is 5.62. The number of carbonyl (C=O) groups is 2. The van der Waals surface area contributed by atoms with Crippen molar-refractivity contribution in [2.24, 2.45) is 0 Å². The number of carboxylic acid groups (broad SMARTS) is 1. The van der Waals surface area contributed by atoms with Crippen molar-refractivity contribution < 1.29 is 19.1 Å². The fourth-order valence-electron chi connectivity index (χ4n) is 3.90. The number of halogens is 1. The van der Waals surface area contributed by atoms with E-state index in [0.29, 0.717) is 27.9 Å². The van der Waals surface area contributed by atoms with Crippen LogP contribution in [0.1, 0.15) is 30.7 Å². The molecule has 0 unspecified atom stereocenters. The number of rotatable bonds is 3. The summed E-state index contributed by atoms with van der Waals surface area (Å²) in [5.74, 6) is 2.99. The summed E-state index contributed by atoms with van der Waals surface area (Å²) in [6.07, 6.45) is 1.60. The number of hydrogen-bond acceptors (Lipinski definition) is 6. The molecule has 1 aliphatic heterocycles. The lowest BCUT2D eigenvalue weighted by Gasteiger charge is -2.15. The van der Waals surface area contributed by atoms with Gasteiger partial charge in [-0.2, -0.15) is 5.10 Å². The Balaban J connectivity index is 1.71. The highest BCUT2D eigenvalue weighted by molar-refractivity contribution is 6.05. The van der Waals surface area contributed by atoms with E-state index in [1.165, 1.54) is 6.07 Å². The van der Waals surface area contributed by atoms with Crippen molar-refractivity contribution in [3.05, 3.63) is 65.2 Å². The summed E-state index contributed by atoms with van der Waals surface area (Å²) in [6, 6.07) is 9.89. The van der Waals surface area contributed by atoms with Crippen molar-refractivity contribution in [3.8, 4) is 23.4 Å². The molecular formula is C24H17FN6O3. The molecule has 3 aromatic heterocycles. The SMILES string of the molecule is CC1(C)C(=O)Nc2nc(-c3nn(Cc4ccccc4F)c4ncccc34)nc(C#CC(=O)O)c21. The van der Waals surface area contributed by atoms with Crippen LogP contribution in [0.3, 0.4) is 0 Å². The second-order valence-electron chi connectivity index (χ2n) is 8.23. The van der Waals surface area contributed by atoms with E-state index in [0.717, 1.165) is 0 Å². The molecule has 168 valence electrons. The maximum Gasteiger partial charge on any atom is 0.382 e. The Morgan fingerprint density at radius 2 is 2.00 bits per heavy atom. The molecule has 10 heteroatoms. The topological polar surface area (TPSA) is 123 Å². The minimum Gasteiger partial charge on any atom is -0.472 e. The van der Waals surface area contributed by atoms with Crippen LogP contribution in [0.2, 0.25) is 0 Å². The Morgan fingerprint density at radius 3 is 2.76 bits per heavy atom. The highest BCUT2D eigenvalue weighted by atomic mass is 19.1. The monoisotopic (exact) mass is 456 g/mol. The van der Waals surface area contributed by atoms with Gasteiger partial charge in [-0.1, -0.05) is 18.2 Å². The molecule has 1 amide bonds. The number of benzene rings is 1. The molecule has 0 atom stereocenters. The number of carbonyl (C=O) groups excluding carboxylic acids is 1. The van der Waals surface area contributed by atoms with E-state index in [1.807, 2.05) is 0 Å². The number of aromatic nitrogens is 5. The first-order chi connectivity index (χ1) is 16.3. The molecule has 2 N–H and O–H groups in total. The highest BCUT2D eigenvalue weighted by Gasteiger charge is 2.42. The van der Waals surface area contributed by atoms with Crippen molar-refractivity contribution >= 4 is 28.7 Å². The Bertz CT molecular complexity index is 1560. The summed E-state index contributed by atoms with van der Waals surface area (Å²) in [4.78, 5) is 37.0. The summed E-state index contributed by atoms with van der Waals surface area (Å²) in [5.41, 5.74) is 0.812. The molecule has 1 aromatic carbocycles. The molecule has 1 aliphatic rings. The van der Waals surface area contributed by atoms with Gasteiger partial charge in [0.1, 0.15) is 23.0 Å². The van der Waals surface area contributed by atoms with Crippen molar-refractivity contribution in [1.82, 2.24) is 24.7 Å². The summed E-state index contributed by atoms with van der Waals surface area (Å²) >= 11 is 0. The van der Waals surface area contributed by atoms with Gasteiger partial charge >= 0.3 is 5.97 Å². The maximum atomic E-state index is 14.3. The lowest BCUT2D eigenvalue weighted by molar-refractivity contribution is -0.130. The minimum absolute atomic E-state index is 0.117. The molecule has 0 spiro atoms. The Kier molecular flexibility index (Phi) is 4.83. The van der Waals surface area contributed by atoms with Gasteiger partial charge in [0.2, 0.25) is 5.91 Å². The predicted octanol–water partition coefficient (Wildman–Crippen LogP) is 2.74. The number of nitrogens with zero attached hydrogens (tertiary/aromatic N) is 5. The number of aliphatic carboxylic acids is 1. The average Bonchev–Trinajstić information content (AvgIpc) is 3.28. The van der Waals surface area contributed by atoms with Crippen LogP contribution in [0.25, 0.3) is 22.6 Å². The van der Waals surface area contributed by atoms with Crippen LogP contribution in [0.5, 0.6) is 0 Å². The van der Waals surface area contributed by atoms with Crippen LogP contribution >= 0.6 is 0 Å². The molecule has 9 nitrogen and oxygen atoms in total. The second kappa shape index (κ2) is 7.74. The fourth-order valence-corrected chi connectivity index (χ4v) is 3.90. The number of amides is 1. The first-order valence-electron chi connectivity index (χ1n) is 10.3. The van der Waals surface area contributed by atoms with Gasteiger partial charge < -0.3 is 10.4 Å². The van der Waals surface area contributed by atoms with E-state index < -0.39 is 11.4 Å². The van der Waals surface area contributed by atoms with E-state index in [4.69, 9.17) is 5.11 Å². The summed E-state index contributed by atoms with van der Waals surface area (Å²) in [5, 5.41) is 17.0. The average molecular weight is 456 g/mol. The Morgan fingerprint density at radius 1 is 1.21 bits per heavy atom. The number of pyridine rings is 1. The number of anilines is 1. The molecule has 4 aromatic rings. The fraction of sp³-hybridized carbons (Fsp3) is 0.167. The van der Waals surface area contributed by atoms with Crippen LogP contribution in [0, 0.1) is 17.7 Å². The molecule has 0 bridgehead atoms. The molecule has 0 saturated heterocycles. The standard InChI is InChI=1S/C24H17FN6O3/c1-24(2)18-16(9-10-17(32)33)27-21(28-20(18)29-23(24)34)19-14-7-5-11-26-22(14)31(30-19)12-13-6-3-4-8-15(13)25/h3-8,11H,12H2,1-2H3,(H,32,33)(H,27,28,29,34). The van der Waals surface area contributed by atoms with Crippen LogP contribution < -0.4 is 5.32 Å². The summed E-state index contributed by atoms with van der Waals surface area (Å²) < 4.78 is 15.8. The Labute approximate surface area is 192 Å². The van der Waals surface area contributed by atoms with Crippen molar-refractivity contribution in [2.45, 2.75) is 25.8 Å². The maximum absolute atomic E-state index is 14.3. The third kappa shape index (κ3) is 3.44. The first kappa shape index (κ1) is 21.2. The molecule has 5 rings (SSSR count). The van der Waals surface area contributed by atoms with Gasteiger partial charge in [0.15, 0.2) is 11.5 Å². The first-order valence-corrected chi connectivity index (χ1v) is 10.3. The lowest BCUT2D eigenvalue weighted by atomic mass is 9.86. The molecule has 4 heterocycles. The number of carboxylic acids is 1. The zero-order chi connectivity index (χ0) is 24.0. The molecular weight excluding hydrogens is 439 g/mol. The van der Waals surface area contributed by atoms with Gasteiger partial charge in [-0.15, -0.1) is 0 Å². The number of nitrogens with one attached hydrogen (secondary N) is 1. The van der Waals surface area contributed by atoms with Crippen molar-refractivity contribution in [1.29, 1.82) is 0 Å². The zero-order valence-corrected chi connectivity index (χ0v) is 18.1. The van der Waals surface area contributed by atoms with Crippen molar-refractivity contribution in [3.63, 3.8) is 0 Å². The van der Waals surface area contributed by atoms with E-state index in [-0.39, 0.29) is 35.6 Å². The third-order valence-corrected chi connectivity index (χ3v) is 5.62. The highest BCUT2D eigenvalue weighted by Crippen LogP contribution is 2.39. The van der Waals surface area contributed by atoms with Gasteiger partial charge in [-0.3, -0.25) is 4.79 Å². The minimum atomic E-state index is -1.33. The smallest absolute Gasteiger partial charge is 0.382 e. The molecule has 0 saturated carbocycles. The van der Waals surface area contributed by atoms with Gasteiger partial charge in [-0.05, 0) is 38.0 Å². The van der Waals surface area contributed by atoms with Gasteiger partial charge in [0.25, 0.3) is 0 Å². The number of fused-ring (bicyclic) bond motifs is 2. The number of hydrogen-bond donors (Lipinski definition) is 2. The van der Waals surface area contributed by atoms with Gasteiger partial charge in [0, 0.05) is 23.2 Å². The summed E-state index contributed by atoms with van der Waals surface area (Å²) in [7, 11) is 0. The molecule has 0 aliphatic carbocycles. The second-order valence-corrected chi connectivity index (χ2v) is 8.23. The molecule has 34 heavy (non-hydrogen) atoms. The van der Waals surface area contributed by atoms with E-state index in [1.54, 1.807) is 55.1 Å². The van der Waals surface area contributed by atoms with Crippen LogP contribution in [-0.4, -0.2) is 41.7 Å². The molecule has 0 fully saturated rings. The quantitative estimate of drug-likeness (QED) is 0.455.